The first-order chi connectivity index (χ1) is 12.6. The van der Waals surface area contributed by atoms with Crippen molar-refractivity contribution in [2.45, 2.75) is 19.9 Å². The van der Waals surface area contributed by atoms with Crippen molar-refractivity contribution >= 4 is 44.5 Å². The van der Waals surface area contributed by atoms with E-state index in [1.807, 2.05) is 29.0 Å². The minimum Gasteiger partial charge on any atom is -0.380 e. The van der Waals surface area contributed by atoms with Crippen LogP contribution in [0.3, 0.4) is 0 Å². The first-order valence-electron chi connectivity index (χ1n) is 8.04. The highest BCUT2D eigenvalue weighted by atomic mass is 32.1. The van der Waals surface area contributed by atoms with Gasteiger partial charge in [0.2, 0.25) is 0 Å². The van der Waals surface area contributed by atoms with Crippen LogP contribution in [0.1, 0.15) is 11.8 Å². The molecule has 0 aliphatic rings. The summed E-state index contributed by atoms with van der Waals surface area (Å²) in [4.78, 5) is 28.7. The largest absolute Gasteiger partial charge is 0.380 e. The molecule has 0 spiro atoms. The van der Waals surface area contributed by atoms with Gasteiger partial charge < -0.3 is 9.30 Å². The van der Waals surface area contributed by atoms with Crippen molar-refractivity contribution in [3.05, 3.63) is 55.5 Å². The van der Waals surface area contributed by atoms with E-state index in [2.05, 4.69) is 4.99 Å². The van der Waals surface area contributed by atoms with Gasteiger partial charge in [0.15, 0.2) is 4.80 Å². The predicted molar refractivity (Wildman–Crippen MR) is 102 cm³/mol. The highest BCUT2D eigenvalue weighted by Crippen LogP contribution is 2.23. The summed E-state index contributed by atoms with van der Waals surface area (Å²) in [7, 11) is 0. The zero-order valence-corrected chi connectivity index (χ0v) is 15.7. The summed E-state index contributed by atoms with van der Waals surface area (Å²) in [6.07, 6.45) is 0.248. The summed E-state index contributed by atoms with van der Waals surface area (Å²) in [5.41, 5.74) is 0.698. The Labute approximate surface area is 157 Å². The van der Waals surface area contributed by atoms with E-state index in [0.717, 1.165) is 9.58 Å². The Bertz CT molecular complexity index is 989. The molecule has 7 nitrogen and oxygen atoms in total. The van der Waals surface area contributed by atoms with E-state index < -0.39 is 4.92 Å². The summed E-state index contributed by atoms with van der Waals surface area (Å²) in [5, 5.41) is 13.0. The fourth-order valence-electron chi connectivity index (χ4n) is 2.48. The van der Waals surface area contributed by atoms with Crippen LogP contribution in [0.25, 0.3) is 10.2 Å². The number of fused-ring (bicyclic) bond motifs is 1. The van der Waals surface area contributed by atoms with Crippen LogP contribution in [0.5, 0.6) is 0 Å². The molecule has 0 aliphatic carbocycles. The van der Waals surface area contributed by atoms with Crippen LogP contribution in [-0.4, -0.2) is 28.6 Å². The number of nitro benzene ring substituents is 1. The molecule has 0 atom stereocenters. The second kappa shape index (κ2) is 8.35. The Balaban J connectivity index is 2.01. The number of benzene rings is 1. The Morgan fingerprint density at radius 2 is 2.23 bits per heavy atom. The minimum atomic E-state index is -0.428. The van der Waals surface area contributed by atoms with Crippen LogP contribution in [0.2, 0.25) is 0 Å². The number of carbonyl (C=O) groups excluding carboxylic acids is 1. The van der Waals surface area contributed by atoms with Crippen molar-refractivity contribution in [3.63, 3.8) is 0 Å². The number of nitro groups is 1. The van der Waals surface area contributed by atoms with Crippen LogP contribution in [-0.2, 0) is 22.5 Å². The number of hydrogen-bond acceptors (Lipinski definition) is 6. The number of aromatic nitrogens is 1. The lowest BCUT2D eigenvalue weighted by Crippen LogP contribution is -2.20. The number of thiazole rings is 1. The average molecular weight is 391 g/mol. The van der Waals surface area contributed by atoms with Crippen molar-refractivity contribution in [2.75, 3.05) is 13.2 Å². The molecular formula is C17H17N3O4S2. The summed E-state index contributed by atoms with van der Waals surface area (Å²) in [5.74, 6) is -0.237. The molecule has 136 valence electrons. The quantitative estimate of drug-likeness (QED) is 0.351. The molecule has 0 saturated carbocycles. The van der Waals surface area contributed by atoms with E-state index in [4.69, 9.17) is 4.74 Å². The van der Waals surface area contributed by atoms with Crippen molar-refractivity contribution in [1.29, 1.82) is 0 Å². The van der Waals surface area contributed by atoms with Gasteiger partial charge in [0.25, 0.3) is 11.6 Å². The van der Waals surface area contributed by atoms with Gasteiger partial charge in [-0.3, -0.25) is 14.9 Å². The second-order valence-electron chi connectivity index (χ2n) is 5.40. The van der Waals surface area contributed by atoms with Gasteiger partial charge in [-0.2, -0.15) is 4.99 Å². The van der Waals surface area contributed by atoms with E-state index >= 15 is 0 Å². The number of rotatable bonds is 7. The van der Waals surface area contributed by atoms with Crippen LogP contribution in [0.15, 0.2) is 40.7 Å². The van der Waals surface area contributed by atoms with Crippen LogP contribution < -0.4 is 4.80 Å². The normalized spacial score (nSPS) is 12.0. The molecule has 3 rings (SSSR count). The third kappa shape index (κ3) is 4.24. The van der Waals surface area contributed by atoms with E-state index in [1.54, 1.807) is 6.07 Å². The van der Waals surface area contributed by atoms with Gasteiger partial charge >= 0.3 is 0 Å². The molecule has 3 aromatic rings. The fourth-order valence-corrected chi connectivity index (χ4v) is 4.23. The second-order valence-corrected chi connectivity index (χ2v) is 7.45. The first-order valence-corrected chi connectivity index (χ1v) is 9.73. The molecule has 1 aromatic carbocycles. The molecule has 26 heavy (non-hydrogen) atoms. The summed E-state index contributed by atoms with van der Waals surface area (Å²) >= 11 is 2.86. The van der Waals surface area contributed by atoms with Crippen LogP contribution >= 0.6 is 22.7 Å². The van der Waals surface area contributed by atoms with Crippen LogP contribution in [0.4, 0.5) is 5.69 Å². The maximum atomic E-state index is 12.3. The van der Waals surface area contributed by atoms with Gasteiger partial charge in [-0.25, -0.2) is 0 Å². The molecular weight excluding hydrogens is 374 g/mol. The van der Waals surface area contributed by atoms with E-state index in [-0.39, 0.29) is 18.0 Å². The van der Waals surface area contributed by atoms with Gasteiger partial charge in [-0.1, -0.05) is 17.4 Å². The summed E-state index contributed by atoms with van der Waals surface area (Å²) in [6, 6.07) is 8.46. The lowest BCUT2D eigenvalue weighted by molar-refractivity contribution is -0.384. The molecule has 9 heteroatoms. The summed E-state index contributed by atoms with van der Waals surface area (Å²) < 4.78 is 8.06. The number of thiophene rings is 1. The molecule has 0 bridgehead atoms. The third-order valence-corrected chi connectivity index (χ3v) is 5.60. The number of amides is 1. The number of hydrogen-bond donors (Lipinski definition) is 0. The van der Waals surface area contributed by atoms with Crippen molar-refractivity contribution in [1.82, 2.24) is 4.57 Å². The van der Waals surface area contributed by atoms with Gasteiger partial charge in [0.05, 0.1) is 28.2 Å². The molecule has 0 saturated heterocycles. The first kappa shape index (κ1) is 18.4. The van der Waals surface area contributed by atoms with Gasteiger partial charge in [-0.05, 0) is 24.4 Å². The monoisotopic (exact) mass is 391 g/mol. The van der Waals surface area contributed by atoms with Gasteiger partial charge in [0, 0.05) is 30.2 Å². The number of carbonyl (C=O) groups is 1. The Morgan fingerprint density at radius 1 is 1.38 bits per heavy atom. The van der Waals surface area contributed by atoms with Crippen LogP contribution in [0, 0.1) is 10.1 Å². The highest BCUT2D eigenvalue weighted by molar-refractivity contribution is 7.16. The molecule has 0 N–H and O–H groups in total. The number of ether oxygens (including phenoxy) is 1. The fraction of sp³-hybridized carbons (Fsp3) is 0.294. The predicted octanol–water partition coefficient (Wildman–Crippen LogP) is 3.38. The number of nitrogens with zero attached hydrogens (tertiary/aromatic N) is 3. The highest BCUT2D eigenvalue weighted by Gasteiger charge is 2.13. The standard InChI is InChI=1S/C17H17N3O4S2/c1-2-24-8-7-19-14-10-12(20(22)23)5-6-15(14)26-17(19)18-16(21)11-13-4-3-9-25-13/h3-6,9-10H,2,7-8,11H2,1H3. The van der Waals surface area contributed by atoms with Crippen molar-refractivity contribution in [2.24, 2.45) is 4.99 Å². The zero-order chi connectivity index (χ0) is 18.5. The van der Waals surface area contributed by atoms with Gasteiger partial charge in [0.1, 0.15) is 0 Å². The Morgan fingerprint density at radius 3 is 2.92 bits per heavy atom. The van der Waals surface area contributed by atoms with E-state index in [0.29, 0.717) is 30.1 Å². The van der Waals surface area contributed by atoms with Crippen molar-refractivity contribution in [3.8, 4) is 0 Å². The maximum Gasteiger partial charge on any atom is 0.271 e. The molecule has 0 fully saturated rings. The topological polar surface area (TPSA) is 86.7 Å². The molecule has 1 amide bonds. The smallest absolute Gasteiger partial charge is 0.271 e. The number of non-ortho nitro benzene ring substituents is 1. The van der Waals surface area contributed by atoms with E-state index in [9.17, 15) is 14.9 Å². The average Bonchev–Trinajstić information content (AvgIpc) is 3.22. The maximum absolute atomic E-state index is 12.3. The molecule has 0 radical (unpaired) electrons. The zero-order valence-electron chi connectivity index (χ0n) is 14.1. The Kier molecular flexibility index (Phi) is 5.92. The Hall–Kier alpha value is -2.36. The molecule has 0 unspecified atom stereocenters. The van der Waals surface area contributed by atoms with Crippen molar-refractivity contribution < 1.29 is 14.5 Å². The SMILES string of the molecule is CCOCCn1c(=NC(=O)Cc2cccs2)sc2ccc([N+](=O)[O-])cc21. The third-order valence-electron chi connectivity index (χ3n) is 3.67. The minimum absolute atomic E-state index is 0.0110. The molecule has 2 heterocycles. The lowest BCUT2D eigenvalue weighted by atomic mass is 10.3. The van der Waals surface area contributed by atoms with Gasteiger partial charge in [-0.15, -0.1) is 11.3 Å². The molecule has 2 aromatic heterocycles. The van der Waals surface area contributed by atoms with E-state index in [1.165, 1.54) is 34.8 Å². The lowest BCUT2D eigenvalue weighted by Gasteiger charge is -2.05. The molecule has 0 aliphatic heterocycles. The summed E-state index contributed by atoms with van der Waals surface area (Å²) in [6.45, 7) is 3.39.